The Hall–Kier alpha value is 0.180. The molecule has 2 N–H and O–H groups in total. The summed E-state index contributed by atoms with van der Waals surface area (Å²) in [6.45, 7) is 3.49. The minimum atomic E-state index is -2.85. The van der Waals surface area contributed by atoms with Gasteiger partial charge in [-0.2, -0.15) is 11.8 Å². The number of hydrogen-bond acceptors (Lipinski definition) is 6. The molecule has 3 aliphatic heterocycles. The number of nitrogens with zero attached hydrogens (tertiary/aromatic N) is 1. The van der Waals surface area contributed by atoms with Gasteiger partial charge in [-0.3, -0.25) is 5.43 Å². The summed E-state index contributed by atoms with van der Waals surface area (Å²) in [5, 5.41) is 7.02. The van der Waals surface area contributed by atoms with Crippen molar-refractivity contribution in [2.45, 2.75) is 67.5 Å². The van der Waals surface area contributed by atoms with Gasteiger partial charge in [0, 0.05) is 49.1 Å². The Labute approximate surface area is 156 Å². The molecule has 1 saturated carbocycles. The molecule has 4 unspecified atom stereocenters. The maximum absolute atomic E-state index is 11.8. The van der Waals surface area contributed by atoms with E-state index >= 15 is 0 Å². The molecule has 0 bridgehead atoms. The summed E-state index contributed by atoms with van der Waals surface area (Å²) in [6.07, 6.45) is 9.21. The standard InChI is InChI=1S/C18H33N3O2S2/c1-25(22,23)16-6-4-13(5-7-16)17-9-18-14(10-19-17)11-21(20-18)12-15-3-2-8-24-15/h13-20H,2-12H2,1H3. The van der Waals surface area contributed by atoms with Crippen LogP contribution in [-0.4, -0.2) is 67.7 Å². The molecule has 0 aromatic rings. The Balaban J connectivity index is 1.27. The lowest BCUT2D eigenvalue weighted by atomic mass is 9.78. The molecular weight excluding hydrogens is 354 g/mol. The van der Waals surface area contributed by atoms with E-state index in [1.54, 1.807) is 0 Å². The van der Waals surface area contributed by atoms with Gasteiger partial charge in [0.1, 0.15) is 9.84 Å². The Morgan fingerprint density at radius 3 is 2.56 bits per heavy atom. The molecule has 4 aliphatic rings. The van der Waals surface area contributed by atoms with Gasteiger partial charge in [-0.05, 0) is 56.6 Å². The fourth-order valence-corrected chi connectivity index (χ4v) is 7.77. The molecule has 0 aromatic heterocycles. The minimum Gasteiger partial charge on any atom is -0.313 e. The number of hydrazine groups is 1. The average Bonchev–Trinajstić information content (AvgIpc) is 3.22. The van der Waals surface area contributed by atoms with Crippen molar-refractivity contribution >= 4 is 21.6 Å². The lowest BCUT2D eigenvalue weighted by molar-refractivity contribution is 0.185. The van der Waals surface area contributed by atoms with Crippen LogP contribution in [0.3, 0.4) is 0 Å². The van der Waals surface area contributed by atoms with E-state index in [9.17, 15) is 8.42 Å². The van der Waals surface area contributed by atoms with Crippen LogP contribution in [0.15, 0.2) is 0 Å². The summed E-state index contributed by atoms with van der Waals surface area (Å²) < 4.78 is 23.5. The SMILES string of the molecule is CS(=O)(=O)C1CCC(C2CC3NN(CC4CCCS4)CC3CN2)CC1. The van der Waals surface area contributed by atoms with Gasteiger partial charge < -0.3 is 5.32 Å². The fourth-order valence-electron chi connectivity index (χ4n) is 5.35. The van der Waals surface area contributed by atoms with Gasteiger partial charge in [0.15, 0.2) is 0 Å². The monoisotopic (exact) mass is 387 g/mol. The number of rotatable bonds is 4. The van der Waals surface area contributed by atoms with Crippen molar-refractivity contribution in [3.05, 3.63) is 0 Å². The van der Waals surface area contributed by atoms with E-state index < -0.39 is 9.84 Å². The highest BCUT2D eigenvalue weighted by molar-refractivity contribution is 8.00. The zero-order valence-corrected chi connectivity index (χ0v) is 17.0. The summed E-state index contributed by atoms with van der Waals surface area (Å²) in [4.78, 5) is 0. The van der Waals surface area contributed by atoms with Crippen LogP contribution in [0.1, 0.15) is 44.9 Å². The summed E-state index contributed by atoms with van der Waals surface area (Å²) in [5.74, 6) is 2.72. The van der Waals surface area contributed by atoms with Crippen LogP contribution in [0.25, 0.3) is 0 Å². The number of sulfone groups is 1. The van der Waals surface area contributed by atoms with Gasteiger partial charge in [-0.1, -0.05) is 0 Å². The van der Waals surface area contributed by atoms with E-state index in [1.807, 2.05) is 0 Å². The third-order valence-electron chi connectivity index (χ3n) is 6.86. The molecule has 4 atom stereocenters. The summed E-state index contributed by atoms with van der Waals surface area (Å²) in [6, 6.07) is 1.18. The number of piperidine rings is 1. The molecule has 1 aliphatic carbocycles. The maximum atomic E-state index is 11.8. The predicted molar refractivity (Wildman–Crippen MR) is 104 cm³/mol. The molecule has 4 rings (SSSR count). The second-order valence-corrected chi connectivity index (χ2v) is 12.4. The number of thioether (sulfide) groups is 1. The molecule has 0 radical (unpaired) electrons. The molecule has 3 heterocycles. The first-order valence-electron chi connectivity index (χ1n) is 10.0. The lowest BCUT2D eigenvalue weighted by Gasteiger charge is -2.39. The van der Waals surface area contributed by atoms with E-state index in [-0.39, 0.29) is 5.25 Å². The average molecular weight is 388 g/mol. The van der Waals surface area contributed by atoms with E-state index in [0.717, 1.165) is 43.4 Å². The van der Waals surface area contributed by atoms with Gasteiger partial charge >= 0.3 is 0 Å². The molecule has 7 heteroatoms. The van der Waals surface area contributed by atoms with Crippen LogP contribution in [0, 0.1) is 11.8 Å². The van der Waals surface area contributed by atoms with E-state index in [2.05, 4.69) is 27.5 Å². The smallest absolute Gasteiger partial charge is 0.150 e. The Morgan fingerprint density at radius 2 is 1.88 bits per heavy atom. The highest BCUT2D eigenvalue weighted by atomic mass is 32.2. The van der Waals surface area contributed by atoms with E-state index in [0.29, 0.717) is 18.0 Å². The van der Waals surface area contributed by atoms with E-state index in [1.165, 1.54) is 44.4 Å². The molecule has 4 fully saturated rings. The second kappa shape index (κ2) is 7.66. The summed E-state index contributed by atoms with van der Waals surface area (Å²) in [7, 11) is -2.85. The molecule has 0 amide bonds. The van der Waals surface area contributed by atoms with Gasteiger partial charge in [-0.25, -0.2) is 13.4 Å². The minimum absolute atomic E-state index is 0.0934. The first-order valence-corrected chi connectivity index (χ1v) is 13.0. The van der Waals surface area contributed by atoms with Crippen LogP contribution < -0.4 is 10.7 Å². The Bertz CT molecular complexity index is 557. The second-order valence-electron chi connectivity index (χ2n) is 8.65. The molecule has 0 spiro atoms. The predicted octanol–water partition coefficient (Wildman–Crippen LogP) is 1.65. The van der Waals surface area contributed by atoms with Crippen molar-refractivity contribution in [2.75, 3.05) is 31.6 Å². The quantitative estimate of drug-likeness (QED) is 0.765. The summed E-state index contributed by atoms with van der Waals surface area (Å²) >= 11 is 2.14. The lowest BCUT2D eigenvalue weighted by Crippen LogP contribution is -2.52. The van der Waals surface area contributed by atoms with Crippen molar-refractivity contribution in [3.63, 3.8) is 0 Å². The van der Waals surface area contributed by atoms with Gasteiger partial charge in [0.2, 0.25) is 0 Å². The van der Waals surface area contributed by atoms with Crippen molar-refractivity contribution in [2.24, 2.45) is 11.8 Å². The molecule has 0 aromatic carbocycles. The van der Waals surface area contributed by atoms with Crippen LogP contribution in [-0.2, 0) is 9.84 Å². The number of fused-ring (bicyclic) bond motifs is 1. The fraction of sp³-hybridized carbons (Fsp3) is 1.00. The third kappa shape index (κ3) is 4.37. The van der Waals surface area contributed by atoms with Gasteiger partial charge in [0.05, 0.1) is 5.25 Å². The van der Waals surface area contributed by atoms with E-state index in [4.69, 9.17) is 0 Å². The van der Waals surface area contributed by atoms with Crippen molar-refractivity contribution in [3.8, 4) is 0 Å². The van der Waals surface area contributed by atoms with Crippen LogP contribution in [0.2, 0.25) is 0 Å². The highest BCUT2D eigenvalue weighted by Gasteiger charge is 2.41. The Morgan fingerprint density at radius 1 is 1.08 bits per heavy atom. The van der Waals surface area contributed by atoms with Crippen LogP contribution in [0.4, 0.5) is 0 Å². The first kappa shape index (κ1) is 18.5. The molecule has 144 valence electrons. The molecule has 3 saturated heterocycles. The third-order valence-corrected chi connectivity index (χ3v) is 9.93. The maximum Gasteiger partial charge on any atom is 0.150 e. The molecule has 5 nitrogen and oxygen atoms in total. The van der Waals surface area contributed by atoms with Crippen molar-refractivity contribution in [1.82, 2.24) is 15.8 Å². The van der Waals surface area contributed by atoms with Crippen molar-refractivity contribution in [1.29, 1.82) is 0 Å². The van der Waals surface area contributed by atoms with Crippen LogP contribution >= 0.6 is 11.8 Å². The molecular formula is C18H33N3O2S2. The van der Waals surface area contributed by atoms with Gasteiger partial charge in [-0.15, -0.1) is 0 Å². The Kier molecular flexibility index (Phi) is 5.68. The number of nitrogens with one attached hydrogen (secondary N) is 2. The molecule has 25 heavy (non-hydrogen) atoms. The largest absolute Gasteiger partial charge is 0.313 e. The topological polar surface area (TPSA) is 61.4 Å². The first-order chi connectivity index (χ1) is 12.0. The van der Waals surface area contributed by atoms with Crippen LogP contribution in [0.5, 0.6) is 0 Å². The zero-order chi connectivity index (χ0) is 17.4. The summed E-state index contributed by atoms with van der Waals surface area (Å²) in [5.41, 5.74) is 3.81. The normalized spacial score (nSPS) is 43.2. The van der Waals surface area contributed by atoms with Gasteiger partial charge in [0.25, 0.3) is 0 Å². The zero-order valence-electron chi connectivity index (χ0n) is 15.3. The van der Waals surface area contributed by atoms with Crippen molar-refractivity contribution < 1.29 is 8.42 Å². The highest BCUT2D eigenvalue weighted by Crippen LogP contribution is 2.35. The number of hydrogen-bond donors (Lipinski definition) is 2.